The highest BCUT2D eigenvalue weighted by atomic mass is 35.5. The van der Waals surface area contributed by atoms with E-state index in [-0.39, 0.29) is 34.9 Å². The van der Waals surface area contributed by atoms with Crippen LogP contribution >= 0.6 is 11.6 Å². The molecule has 37 heavy (non-hydrogen) atoms. The molecule has 0 spiro atoms. The molecule has 0 aromatic heterocycles. The number of hydrogen-bond donors (Lipinski definition) is 2. The van der Waals surface area contributed by atoms with Gasteiger partial charge in [0.25, 0.3) is 5.91 Å². The number of aryl methyl sites for hydroxylation is 1. The summed E-state index contributed by atoms with van der Waals surface area (Å²) >= 11 is 6.66. The van der Waals surface area contributed by atoms with E-state index < -0.39 is 5.92 Å². The number of methoxy groups -OCH3 is 1. The van der Waals surface area contributed by atoms with Gasteiger partial charge in [0.15, 0.2) is 29.7 Å². The third kappa shape index (κ3) is 5.01. The quantitative estimate of drug-likeness (QED) is 0.531. The summed E-state index contributed by atoms with van der Waals surface area (Å²) in [6.45, 7) is 1.71. The summed E-state index contributed by atoms with van der Waals surface area (Å²) in [7, 11) is 1.49. The van der Waals surface area contributed by atoms with E-state index in [0.29, 0.717) is 41.0 Å². The average Bonchev–Trinajstić information content (AvgIpc) is 2.88. The van der Waals surface area contributed by atoms with Crippen LogP contribution in [0.4, 0.5) is 5.69 Å². The van der Waals surface area contributed by atoms with Crippen molar-refractivity contribution in [3.63, 3.8) is 0 Å². The monoisotopic (exact) mass is 520 g/mol. The normalized spacial score (nSPS) is 17.7. The topological polar surface area (TPSA) is 93.7 Å². The van der Waals surface area contributed by atoms with Crippen molar-refractivity contribution in [2.75, 3.05) is 19.0 Å². The first-order valence-corrected chi connectivity index (χ1v) is 12.9. The zero-order valence-electron chi connectivity index (χ0n) is 20.9. The second-order valence-electron chi connectivity index (χ2n) is 9.63. The number of rotatable bonds is 6. The van der Waals surface area contributed by atoms with Crippen LogP contribution in [-0.4, -0.2) is 31.2 Å². The smallest absolute Gasteiger partial charge is 0.262 e. The van der Waals surface area contributed by atoms with E-state index in [9.17, 15) is 14.4 Å². The Hall–Kier alpha value is -3.58. The number of benzene rings is 2. The van der Waals surface area contributed by atoms with Gasteiger partial charge in [-0.3, -0.25) is 14.4 Å². The standard InChI is InChI=1S/C29H29ClN2O5/c1-16-9-11-18(12-10-16)31-25(35)15-37-29-19(30)13-17(14-24(29)36-2)26-27-20(5-3-7-22(27)33)32-21-6-4-8-23(34)28(21)26/h9-14,26,32H,3-8,15H2,1-2H3,(H,31,35). The molecule has 0 radical (unpaired) electrons. The number of carbonyl (C=O) groups is 3. The maximum absolute atomic E-state index is 13.1. The fourth-order valence-corrected chi connectivity index (χ4v) is 5.61. The number of anilines is 1. The van der Waals surface area contributed by atoms with E-state index >= 15 is 0 Å². The Morgan fingerprint density at radius 3 is 2.22 bits per heavy atom. The summed E-state index contributed by atoms with van der Waals surface area (Å²) < 4.78 is 11.4. The molecule has 0 saturated heterocycles. The zero-order chi connectivity index (χ0) is 26.1. The second kappa shape index (κ2) is 10.4. The number of hydrogen-bond acceptors (Lipinski definition) is 6. The third-order valence-electron chi connectivity index (χ3n) is 7.06. The van der Waals surface area contributed by atoms with Crippen molar-refractivity contribution in [3.05, 3.63) is 75.1 Å². The van der Waals surface area contributed by atoms with Crippen molar-refractivity contribution in [2.45, 2.75) is 51.4 Å². The number of ketones is 2. The van der Waals surface area contributed by atoms with Crippen LogP contribution in [0.5, 0.6) is 11.5 Å². The zero-order valence-corrected chi connectivity index (χ0v) is 21.7. The second-order valence-corrected chi connectivity index (χ2v) is 10.0. The minimum Gasteiger partial charge on any atom is -0.493 e. The summed E-state index contributed by atoms with van der Waals surface area (Å²) in [5.74, 6) is -0.181. The van der Waals surface area contributed by atoms with E-state index in [1.54, 1.807) is 12.1 Å². The number of Topliss-reactive ketones (excluding diaryl/α,β-unsaturated/α-hetero) is 2. The van der Waals surface area contributed by atoms with Crippen LogP contribution < -0.4 is 20.1 Å². The highest BCUT2D eigenvalue weighted by molar-refractivity contribution is 6.32. The van der Waals surface area contributed by atoms with Gasteiger partial charge in [0.1, 0.15) is 0 Å². The molecule has 2 aromatic rings. The van der Waals surface area contributed by atoms with Gasteiger partial charge in [-0.1, -0.05) is 29.3 Å². The molecule has 0 bridgehead atoms. The molecule has 0 saturated carbocycles. The van der Waals surface area contributed by atoms with E-state index in [2.05, 4.69) is 10.6 Å². The highest BCUT2D eigenvalue weighted by Crippen LogP contribution is 2.48. The molecule has 2 N–H and O–H groups in total. The lowest BCUT2D eigenvalue weighted by Crippen LogP contribution is -2.36. The average molecular weight is 521 g/mol. The predicted octanol–water partition coefficient (Wildman–Crippen LogP) is 5.38. The number of halogens is 1. The van der Waals surface area contributed by atoms with Gasteiger partial charge in [0, 0.05) is 47.0 Å². The highest BCUT2D eigenvalue weighted by Gasteiger charge is 2.40. The molecular weight excluding hydrogens is 492 g/mol. The molecule has 3 aliphatic rings. The van der Waals surface area contributed by atoms with Crippen molar-refractivity contribution in [3.8, 4) is 11.5 Å². The molecule has 0 atom stereocenters. The Bertz CT molecular complexity index is 1300. The lowest BCUT2D eigenvalue weighted by molar-refractivity contribution is -0.118. The molecular formula is C29H29ClN2O5. The Labute approximate surface area is 220 Å². The van der Waals surface area contributed by atoms with Gasteiger partial charge in [0.05, 0.1) is 12.1 Å². The van der Waals surface area contributed by atoms with Gasteiger partial charge in [-0.05, 0) is 62.4 Å². The molecule has 192 valence electrons. The van der Waals surface area contributed by atoms with E-state index in [4.69, 9.17) is 21.1 Å². The third-order valence-corrected chi connectivity index (χ3v) is 7.34. The molecule has 5 rings (SSSR count). The van der Waals surface area contributed by atoms with Gasteiger partial charge in [0.2, 0.25) is 0 Å². The molecule has 1 heterocycles. The van der Waals surface area contributed by atoms with Crippen molar-refractivity contribution >= 4 is 34.8 Å². The predicted molar refractivity (Wildman–Crippen MR) is 141 cm³/mol. The van der Waals surface area contributed by atoms with Crippen LogP contribution in [0.3, 0.4) is 0 Å². The van der Waals surface area contributed by atoms with Crippen molar-refractivity contribution in [1.29, 1.82) is 0 Å². The number of carbonyl (C=O) groups excluding carboxylic acids is 3. The van der Waals surface area contributed by atoms with Crippen molar-refractivity contribution < 1.29 is 23.9 Å². The van der Waals surface area contributed by atoms with E-state index in [1.807, 2.05) is 31.2 Å². The lowest BCUT2D eigenvalue weighted by atomic mass is 9.71. The molecule has 7 nitrogen and oxygen atoms in total. The van der Waals surface area contributed by atoms with E-state index in [0.717, 1.165) is 42.6 Å². The Morgan fingerprint density at radius 2 is 1.62 bits per heavy atom. The van der Waals surface area contributed by atoms with Crippen LogP contribution in [0.2, 0.25) is 5.02 Å². The summed E-state index contributed by atoms with van der Waals surface area (Å²) in [4.78, 5) is 38.6. The van der Waals surface area contributed by atoms with Crippen molar-refractivity contribution in [2.24, 2.45) is 0 Å². The van der Waals surface area contributed by atoms with Gasteiger partial charge in [-0.15, -0.1) is 0 Å². The van der Waals surface area contributed by atoms with Gasteiger partial charge < -0.3 is 20.1 Å². The summed E-state index contributed by atoms with van der Waals surface area (Å²) in [6, 6.07) is 10.9. The number of ether oxygens (including phenoxy) is 2. The maximum atomic E-state index is 13.1. The van der Waals surface area contributed by atoms with Crippen LogP contribution in [0.15, 0.2) is 58.9 Å². The van der Waals surface area contributed by atoms with Gasteiger partial charge >= 0.3 is 0 Å². The fraction of sp³-hybridized carbons (Fsp3) is 0.345. The number of allylic oxidation sites excluding steroid dienone is 4. The summed E-state index contributed by atoms with van der Waals surface area (Å²) in [5, 5.41) is 6.44. The van der Waals surface area contributed by atoms with Gasteiger partial charge in [-0.25, -0.2) is 0 Å². The lowest BCUT2D eigenvalue weighted by Gasteiger charge is -2.37. The van der Waals surface area contributed by atoms with Crippen molar-refractivity contribution in [1.82, 2.24) is 5.32 Å². The van der Waals surface area contributed by atoms with E-state index in [1.165, 1.54) is 7.11 Å². The first-order valence-electron chi connectivity index (χ1n) is 12.5. The molecule has 2 aromatic carbocycles. The molecule has 1 amide bonds. The molecule has 8 heteroatoms. The molecule has 0 fully saturated rings. The van der Waals surface area contributed by atoms with Crippen LogP contribution in [-0.2, 0) is 14.4 Å². The number of amides is 1. The van der Waals surface area contributed by atoms with Gasteiger partial charge in [-0.2, -0.15) is 0 Å². The molecule has 2 aliphatic carbocycles. The van der Waals surface area contributed by atoms with Crippen LogP contribution in [0, 0.1) is 6.92 Å². The molecule has 0 unspecified atom stereocenters. The Morgan fingerprint density at radius 1 is 1.00 bits per heavy atom. The first kappa shape index (κ1) is 25.1. The SMILES string of the molecule is COc1cc(C2C3=C(CCCC3=O)NC3=C2C(=O)CCC3)cc(Cl)c1OCC(=O)Nc1ccc(C)cc1. The minimum absolute atomic E-state index is 0.0480. The first-order chi connectivity index (χ1) is 17.9. The Kier molecular flexibility index (Phi) is 7.07. The largest absolute Gasteiger partial charge is 0.493 e. The minimum atomic E-state index is -0.503. The number of dihydropyridines is 1. The Balaban J connectivity index is 1.45. The number of nitrogens with one attached hydrogen (secondary N) is 2. The fourth-order valence-electron chi connectivity index (χ4n) is 5.33. The summed E-state index contributed by atoms with van der Waals surface area (Å²) in [6.07, 6.45) is 4.02. The molecule has 1 aliphatic heterocycles. The van der Waals surface area contributed by atoms with Crippen LogP contribution in [0.25, 0.3) is 0 Å². The summed E-state index contributed by atoms with van der Waals surface area (Å²) in [5.41, 5.74) is 5.55. The maximum Gasteiger partial charge on any atom is 0.262 e. The van der Waals surface area contributed by atoms with Crippen LogP contribution in [0.1, 0.15) is 55.6 Å².